The van der Waals surface area contributed by atoms with Crippen molar-refractivity contribution < 1.29 is 0 Å². The Bertz CT molecular complexity index is 1370. The average Bonchev–Trinajstić information content (AvgIpc) is 3.35. The van der Waals surface area contributed by atoms with Crippen LogP contribution in [-0.4, -0.2) is 14.8 Å². The van der Waals surface area contributed by atoms with Crippen LogP contribution in [0.15, 0.2) is 115 Å². The molecule has 0 spiro atoms. The summed E-state index contributed by atoms with van der Waals surface area (Å²) < 4.78 is 1.90. The van der Waals surface area contributed by atoms with E-state index in [0.29, 0.717) is 0 Å². The van der Waals surface area contributed by atoms with E-state index in [1.54, 1.807) is 0 Å². The van der Waals surface area contributed by atoms with E-state index in [-0.39, 0.29) is 5.41 Å². The van der Waals surface area contributed by atoms with Crippen LogP contribution in [0.2, 0.25) is 0 Å². The minimum absolute atomic E-state index is 0.0870. The lowest BCUT2D eigenvalue weighted by Gasteiger charge is -2.24. The van der Waals surface area contributed by atoms with Gasteiger partial charge in [-0.2, -0.15) is 0 Å². The van der Waals surface area contributed by atoms with Crippen molar-refractivity contribution in [3.63, 3.8) is 0 Å². The first-order valence-electron chi connectivity index (χ1n) is 11.5. The van der Waals surface area contributed by atoms with E-state index in [9.17, 15) is 0 Å². The lowest BCUT2D eigenvalue weighted by molar-refractivity contribution is 0.590. The van der Waals surface area contributed by atoms with Gasteiger partial charge in [0.05, 0.1) is 11.4 Å². The second kappa shape index (κ2) is 8.99. The summed E-state index contributed by atoms with van der Waals surface area (Å²) in [4.78, 5) is 7.14. The molecule has 0 unspecified atom stereocenters. The molecule has 0 fully saturated rings. The maximum absolute atomic E-state index is 5.03. The summed E-state index contributed by atoms with van der Waals surface area (Å²) in [5.41, 5.74) is 5.42. The van der Waals surface area contributed by atoms with Crippen LogP contribution in [0.25, 0.3) is 16.9 Å². The SMILES string of the molecule is CC(C)(C)c1ccc(N(c2cccc(-c3ccccc3)n2)c2ccn(-c3ccccc3)n2)cc1. The van der Waals surface area contributed by atoms with E-state index >= 15 is 0 Å². The van der Waals surface area contributed by atoms with E-state index in [1.807, 2.05) is 77.6 Å². The van der Waals surface area contributed by atoms with Crippen molar-refractivity contribution in [1.82, 2.24) is 14.8 Å². The van der Waals surface area contributed by atoms with Gasteiger partial charge in [-0.1, -0.05) is 87.5 Å². The van der Waals surface area contributed by atoms with Crippen LogP contribution in [0.5, 0.6) is 0 Å². The van der Waals surface area contributed by atoms with Gasteiger partial charge in [-0.25, -0.2) is 9.67 Å². The van der Waals surface area contributed by atoms with Crippen molar-refractivity contribution in [3.05, 3.63) is 121 Å². The standard InChI is InChI=1S/C30H28N4/c1-30(2,3)24-17-19-26(20-18-24)34(29-21-22-33(32-29)25-13-8-5-9-14-25)28-16-10-15-27(31-28)23-11-6-4-7-12-23/h4-22H,1-3H3. The molecule has 3 aromatic carbocycles. The highest BCUT2D eigenvalue weighted by atomic mass is 15.4. The normalized spacial score (nSPS) is 11.4. The molecule has 34 heavy (non-hydrogen) atoms. The first-order valence-corrected chi connectivity index (χ1v) is 11.5. The predicted molar refractivity (Wildman–Crippen MR) is 140 cm³/mol. The summed E-state index contributed by atoms with van der Waals surface area (Å²) in [5.74, 6) is 1.63. The molecule has 0 radical (unpaired) electrons. The zero-order chi connectivity index (χ0) is 23.5. The second-order valence-electron chi connectivity index (χ2n) is 9.33. The molecule has 0 saturated heterocycles. The molecular weight excluding hydrogens is 416 g/mol. The topological polar surface area (TPSA) is 34.0 Å². The van der Waals surface area contributed by atoms with Gasteiger partial charge in [-0.3, -0.25) is 4.90 Å². The number of anilines is 3. The quantitative estimate of drug-likeness (QED) is 0.278. The Kier molecular flexibility index (Phi) is 5.72. The van der Waals surface area contributed by atoms with Gasteiger partial charge in [0.2, 0.25) is 0 Å². The van der Waals surface area contributed by atoms with Gasteiger partial charge in [0.1, 0.15) is 5.82 Å². The second-order valence-corrected chi connectivity index (χ2v) is 9.33. The molecule has 4 nitrogen and oxygen atoms in total. The molecule has 0 saturated carbocycles. The summed E-state index contributed by atoms with van der Waals surface area (Å²) in [5, 5.41) is 4.91. The lowest BCUT2D eigenvalue weighted by Crippen LogP contribution is -2.14. The van der Waals surface area contributed by atoms with Crippen molar-refractivity contribution in [3.8, 4) is 16.9 Å². The molecule has 0 aliphatic heterocycles. The number of rotatable bonds is 5. The fourth-order valence-electron chi connectivity index (χ4n) is 3.97. The Morgan fingerprint density at radius 2 is 1.32 bits per heavy atom. The number of para-hydroxylation sites is 1. The third kappa shape index (κ3) is 4.48. The Morgan fingerprint density at radius 3 is 2.00 bits per heavy atom. The highest BCUT2D eigenvalue weighted by Crippen LogP contribution is 2.35. The predicted octanol–water partition coefficient (Wildman–Crippen LogP) is 7.70. The highest BCUT2D eigenvalue weighted by Gasteiger charge is 2.19. The zero-order valence-electron chi connectivity index (χ0n) is 19.8. The Balaban J connectivity index is 1.61. The molecule has 0 aliphatic carbocycles. The number of pyridine rings is 1. The van der Waals surface area contributed by atoms with Crippen LogP contribution in [0.3, 0.4) is 0 Å². The molecule has 0 aliphatic rings. The molecule has 0 atom stereocenters. The number of benzene rings is 3. The van der Waals surface area contributed by atoms with E-state index in [1.165, 1.54) is 5.56 Å². The van der Waals surface area contributed by atoms with Gasteiger partial charge < -0.3 is 0 Å². The summed E-state index contributed by atoms with van der Waals surface area (Å²) in [6.07, 6.45) is 1.99. The van der Waals surface area contributed by atoms with Crippen LogP contribution in [0, 0.1) is 0 Å². The van der Waals surface area contributed by atoms with Crippen molar-refractivity contribution in [2.45, 2.75) is 26.2 Å². The van der Waals surface area contributed by atoms with Gasteiger partial charge in [-0.05, 0) is 47.4 Å². The van der Waals surface area contributed by atoms with E-state index in [0.717, 1.165) is 34.3 Å². The summed E-state index contributed by atoms with van der Waals surface area (Å²) in [7, 11) is 0. The Labute approximate surface area is 201 Å². The molecular formula is C30H28N4. The highest BCUT2D eigenvalue weighted by molar-refractivity contribution is 5.74. The van der Waals surface area contributed by atoms with Gasteiger partial charge in [0, 0.05) is 23.5 Å². The van der Waals surface area contributed by atoms with Crippen molar-refractivity contribution >= 4 is 17.3 Å². The molecule has 5 aromatic rings. The molecule has 4 heteroatoms. The number of nitrogens with zero attached hydrogens (tertiary/aromatic N) is 4. The van der Waals surface area contributed by atoms with E-state index < -0.39 is 0 Å². The van der Waals surface area contributed by atoms with E-state index in [2.05, 4.69) is 68.1 Å². The van der Waals surface area contributed by atoms with Crippen molar-refractivity contribution in [1.29, 1.82) is 0 Å². The summed E-state index contributed by atoms with van der Waals surface area (Å²) >= 11 is 0. The smallest absolute Gasteiger partial charge is 0.161 e. The zero-order valence-corrected chi connectivity index (χ0v) is 19.8. The first-order chi connectivity index (χ1) is 16.5. The first kappa shape index (κ1) is 21.7. The summed E-state index contributed by atoms with van der Waals surface area (Å²) in [6, 6.07) is 37.2. The number of aromatic nitrogens is 3. The minimum Gasteiger partial charge on any atom is -0.278 e. The Hall–Kier alpha value is -4.18. The van der Waals surface area contributed by atoms with Crippen LogP contribution in [0.4, 0.5) is 17.3 Å². The molecule has 2 heterocycles. The molecule has 2 aromatic heterocycles. The van der Waals surface area contributed by atoms with Crippen LogP contribution < -0.4 is 4.90 Å². The monoisotopic (exact) mass is 444 g/mol. The van der Waals surface area contributed by atoms with E-state index in [4.69, 9.17) is 10.1 Å². The molecule has 168 valence electrons. The molecule has 0 amide bonds. The van der Waals surface area contributed by atoms with Crippen LogP contribution in [0.1, 0.15) is 26.3 Å². The van der Waals surface area contributed by atoms with Crippen molar-refractivity contribution in [2.24, 2.45) is 0 Å². The fraction of sp³-hybridized carbons (Fsp3) is 0.133. The van der Waals surface area contributed by atoms with Crippen molar-refractivity contribution in [2.75, 3.05) is 4.90 Å². The maximum atomic E-state index is 5.03. The third-order valence-corrected chi connectivity index (χ3v) is 5.85. The van der Waals surface area contributed by atoms with Crippen LogP contribution in [-0.2, 0) is 5.41 Å². The van der Waals surface area contributed by atoms with Gasteiger partial charge in [0.25, 0.3) is 0 Å². The Morgan fingerprint density at radius 1 is 0.647 bits per heavy atom. The van der Waals surface area contributed by atoms with Gasteiger partial charge in [-0.15, -0.1) is 5.10 Å². The molecule has 0 N–H and O–H groups in total. The average molecular weight is 445 g/mol. The van der Waals surface area contributed by atoms with Gasteiger partial charge >= 0.3 is 0 Å². The summed E-state index contributed by atoms with van der Waals surface area (Å²) in [6.45, 7) is 6.69. The largest absolute Gasteiger partial charge is 0.278 e. The fourth-order valence-corrected chi connectivity index (χ4v) is 3.97. The molecule has 0 bridgehead atoms. The van der Waals surface area contributed by atoms with Gasteiger partial charge in [0.15, 0.2) is 5.82 Å². The van der Waals surface area contributed by atoms with Crippen LogP contribution >= 0.6 is 0 Å². The minimum atomic E-state index is 0.0870. The number of hydrogen-bond donors (Lipinski definition) is 0. The number of hydrogen-bond acceptors (Lipinski definition) is 3. The maximum Gasteiger partial charge on any atom is 0.161 e. The third-order valence-electron chi connectivity index (χ3n) is 5.85. The molecule has 5 rings (SSSR count). The lowest BCUT2D eigenvalue weighted by atomic mass is 9.87.